The smallest absolute Gasteiger partial charge is 0.247 e. The molecule has 4 heterocycles. The molecule has 0 saturated carbocycles. The fourth-order valence-corrected chi connectivity index (χ4v) is 10.7. The van der Waals surface area contributed by atoms with Crippen LogP contribution in [0.3, 0.4) is 0 Å². The Morgan fingerprint density at radius 3 is 0.861 bits per heavy atom. The van der Waals surface area contributed by atoms with Crippen LogP contribution in [0.1, 0.15) is 0 Å². The quantitative estimate of drug-likeness (QED) is 0.207. The Labute approximate surface area is 203 Å². The first-order valence-corrected chi connectivity index (χ1v) is 14.5. The van der Waals surface area contributed by atoms with E-state index in [1.807, 2.05) is 24.3 Å². The minimum atomic E-state index is -0.916. The molecular weight excluding hydrogens is 486 g/mol. The lowest BCUT2D eigenvalue weighted by Crippen LogP contribution is -1.88. The predicted octanol–water partition coefficient (Wildman–Crippen LogP) is 10.5. The summed E-state index contributed by atoms with van der Waals surface area (Å²) in [5, 5.41) is 4.72. The molecule has 168 valence electrons. The number of benzene rings is 5. The van der Waals surface area contributed by atoms with E-state index in [4.69, 9.17) is 17.7 Å². The summed E-state index contributed by atoms with van der Waals surface area (Å²) in [4.78, 5) is 2.06. The maximum absolute atomic E-state index is 6.68. The fraction of sp³-hybridized carbons (Fsp3) is 0. The normalized spacial score (nSPS) is 12.4. The van der Waals surface area contributed by atoms with Crippen LogP contribution in [0, 0.1) is 9.88 Å². The SMILES string of the molecule is c1ccc2c(c1)oc1c3c(oc4ccccc4[p+]2=3)c2oc3ccccc3[p+]3c4ccccc4oc1c2=3. The molecule has 0 saturated heterocycles. The van der Waals surface area contributed by atoms with Crippen LogP contribution in [-0.4, -0.2) is 0 Å². The number of hydrogen-bond donors (Lipinski definition) is 0. The second kappa shape index (κ2) is 6.77. The third-order valence-electron chi connectivity index (χ3n) is 6.99. The van der Waals surface area contributed by atoms with Gasteiger partial charge in [-0.1, -0.05) is 48.5 Å². The molecule has 0 amide bonds. The summed E-state index contributed by atoms with van der Waals surface area (Å²) in [7, 11) is -1.83. The van der Waals surface area contributed by atoms with E-state index in [-0.39, 0.29) is 0 Å². The van der Waals surface area contributed by atoms with Gasteiger partial charge in [0.1, 0.15) is 0 Å². The van der Waals surface area contributed by atoms with Gasteiger partial charge in [-0.25, -0.2) is 0 Å². The van der Waals surface area contributed by atoms with Crippen LogP contribution in [0.2, 0.25) is 0 Å². The lowest BCUT2D eigenvalue weighted by atomic mass is 10.3. The third kappa shape index (κ3) is 2.31. The highest BCUT2D eigenvalue weighted by atomic mass is 31.1. The lowest BCUT2D eigenvalue weighted by Gasteiger charge is -2.06. The first-order valence-electron chi connectivity index (χ1n) is 11.8. The lowest BCUT2D eigenvalue weighted by molar-refractivity contribution is 0.598. The van der Waals surface area contributed by atoms with Crippen molar-refractivity contribution >= 4 is 79.5 Å². The molecule has 0 atom stereocenters. The molecule has 5 aromatic carbocycles. The highest BCUT2D eigenvalue weighted by Gasteiger charge is 2.32. The van der Waals surface area contributed by atoms with Crippen molar-refractivity contribution in [1.82, 2.24) is 0 Å². The first-order chi connectivity index (χ1) is 17.9. The van der Waals surface area contributed by atoms with Crippen molar-refractivity contribution in [3.63, 3.8) is 0 Å². The Kier molecular flexibility index (Phi) is 3.60. The van der Waals surface area contributed by atoms with Gasteiger partial charge in [0.25, 0.3) is 0 Å². The van der Waals surface area contributed by atoms with Crippen molar-refractivity contribution in [2.75, 3.05) is 0 Å². The molecule has 4 aliphatic heterocycles. The molecule has 0 radical (unpaired) electrons. The minimum absolute atomic E-state index is 0.757. The van der Waals surface area contributed by atoms with Gasteiger partial charge in [-0.05, 0) is 48.5 Å². The largest absolute Gasteiger partial charge is 0.444 e. The summed E-state index contributed by atoms with van der Waals surface area (Å²) in [6.07, 6.45) is 0. The van der Waals surface area contributed by atoms with Gasteiger partial charge in [-0.2, -0.15) is 0 Å². The summed E-state index contributed by atoms with van der Waals surface area (Å²) in [5.74, 6) is 0. The van der Waals surface area contributed by atoms with Gasteiger partial charge in [-0.15, -0.1) is 0 Å². The predicted molar refractivity (Wildman–Crippen MR) is 147 cm³/mol. The van der Waals surface area contributed by atoms with E-state index >= 15 is 0 Å². The van der Waals surface area contributed by atoms with E-state index in [1.165, 1.54) is 20.5 Å². The standard InChI is InChI=1S/C30H16O4P2/c1-5-13-21-17(9-1)31-25-26-30-28(27-29(25)35(21)22-14-6-2-10-18(22)33-27)34-20-12-4-8-16-24(20)36(30)23-15-7-3-11-19(23)32-26/h1-16H/q+2. The summed E-state index contributed by atoms with van der Waals surface area (Å²) in [5.41, 5.74) is 6.53. The van der Waals surface area contributed by atoms with Crippen molar-refractivity contribution in [1.29, 1.82) is 0 Å². The van der Waals surface area contributed by atoms with Crippen molar-refractivity contribution in [2.24, 2.45) is 0 Å². The second-order valence-corrected chi connectivity index (χ2v) is 13.1. The van der Waals surface area contributed by atoms with E-state index in [1.54, 1.807) is 0 Å². The van der Waals surface area contributed by atoms with Crippen LogP contribution >= 0.6 is 14.3 Å². The highest BCUT2D eigenvalue weighted by Crippen LogP contribution is 2.51. The van der Waals surface area contributed by atoms with Gasteiger partial charge in [0, 0.05) is 0 Å². The van der Waals surface area contributed by atoms with Crippen LogP contribution < -0.4 is 0 Å². The van der Waals surface area contributed by atoms with E-state index in [0.717, 1.165) is 54.5 Å². The molecule has 4 nitrogen and oxygen atoms in total. The number of fused-ring (bicyclic) bond motifs is 10. The van der Waals surface area contributed by atoms with Gasteiger partial charge in [-0.3, -0.25) is 0 Å². The molecule has 0 N–H and O–H groups in total. The minimum Gasteiger partial charge on any atom is -0.444 e. The molecule has 9 rings (SSSR count). The molecule has 36 heavy (non-hydrogen) atoms. The van der Waals surface area contributed by atoms with Crippen molar-refractivity contribution < 1.29 is 17.7 Å². The van der Waals surface area contributed by atoms with Crippen LogP contribution in [0.15, 0.2) is 115 Å². The average Bonchev–Trinajstić information content (AvgIpc) is 2.94. The first kappa shape index (κ1) is 19.1. The maximum atomic E-state index is 6.68. The van der Waals surface area contributed by atoms with E-state index in [0.29, 0.717) is 0 Å². The molecular formula is C30H16O4P2+2. The van der Waals surface area contributed by atoms with Gasteiger partial charge in [0.15, 0.2) is 57.1 Å². The fourth-order valence-electron chi connectivity index (χ4n) is 5.52. The third-order valence-corrected chi connectivity index (χ3v) is 12.1. The number of para-hydroxylation sites is 4. The Balaban J connectivity index is 1.81. The molecule has 0 aromatic heterocycles. The average molecular weight is 502 g/mol. The molecule has 0 spiro atoms. The van der Waals surface area contributed by atoms with Gasteiger partial charge >= 0.3 is 0 Å². The molecule has 0 fully saturated rings. The van der Waals surface area contributed by atoms with E-state index in [2.05, 4.69) is 72.8 Å². The van der Waals surface area contributed by atoms with Crippen LogP contribution in [0.5, 0.6) is 0 Å². The van der Waals surface area contributed by atoms with Crippen molar-refractivity contribution in [3.05, 3.63) is 107 Å². The zero-order chi connectivity index (χ0) is 23.4. The Hall–Kier alpha value is -4.10. The summed E-state index contributed by atoms with van der Waals surface area (Å²) in [6, 6.07) is 33.3. The maximum Gasteiger partial charge on any atom is 0.247 e. The van der Waals surface area contributed by atoms with Crippen LogP contribution in [0.25, 0.3) is 65.1 Å². The number of hydrogen-bond acceptors (Lipinski definition) is 4. The molecule has 0 unspecified atom stereocenters. The van der Waals surface area contributed by atoms with Gasteiger partial charge in [0.2, 0.25) is 32.2 Å². The second-order valence-electron chi connectivity index (χ2n) is 8.96. The van der Waals surface area contributed by atoms with Crippen LogP contribution in [0.4, 0.5) is 0 Å². The Morgan fingerprint density at radius 2 is 0.583 bits per heavy atom. The Bertz CT molecular complexity index is 2150. The zero-order valence-corrected chi connectivity index (χ0v) is 20.6. The Morgan fingerprint density at radius 1 is 0.333 bits per heavy atom. The van der Waals surface area contributed by atoms with Crippen molar-refractivity contribution in [2.45, 2.75) is 0 Å². The topological polar surface area (TPSA) is 52.6 Å². The summed E-state index contributed by atoms with van der Waals surface area (Å²) in [6.45, 7) is 0. The molecule has 5 aromatic rings. The monoisotopic (exact) mass is 502 g/mol. The van der Waals surface area contributed by atoms with Crippen LogP contribution in [-0.2, 0) is 0 Å². The van der Waals surface area contributed by atoms with E-state index < -0.39 is 14.3 Å². The molecule has 0 aliphatic carbocycles. The highest BCUT2D eigenvalue weighted by molar-refractivity contribution is 7.54. The number of rotatable bonds is 0. The zero-order valence-electron chi connectivity index (χ0n) is 18.8. The molecule has 0 bridgehead atoms. The van der Waals surface area contributed by atoms with E-state index in [9.17, 15) is 0 Å². The van der Waals surface area contributed by atoms with Crippen molar-refractivity contribution in [3.8, 4) is 0 Å². The summed E-state index contributed by atoms with van der Waals surface area (Å²) >= 11 is 0. The van der Waals surface area contributed by atoms with Gasteiger partial charge < -0.3 is 17.7 Å². The molecule has 6 heteroatoms. The summed E-state index contributed by atoms with van der Waals surface area (Å²) < 4.78 is 26.7. The molecule has 4 aliphatic rings. The van der Waals surface area contributed by atoms with Gasteiger partial charge in [0.05, 0.1) is 0 Å².